The summed E-state index contributed by atoms with van der Waals surface area (Å²) in [4.78, 5) is 25.8. The first-order chi connectivity index (χ1) is 9.32. The molecule has 108 valence electrons. The molecule has 1 amide bonds. The third kappa shape index (κ3) is 2.90. The summed E-state index contributed by atoms with van der Waals surface area (Å²) in [6, 6.07) is 5.86. The van der Waals surface area contributed by atoms with Crippen molar-refractivity contribution in [1.82, 2.24) is 4.90 Å². The van der Waals surface area contributed by atoms with E-state index in [4.69, 9.17) is 5.73 Å². The number of benzene rings is 1. The number of primary amides is 1. The van der Waals surface area contributed by atoms with Gasteiger partial charge in [-0.15, -0.1) is 0 Å². The number of hydrogen-bond donors (Lipinski definition) is 1. The van der Waals surface area contributed by atoms with Gasteiger partial charge in [0.25, 0.3) is 0 Å². The van der Waals surface area contributed by atoms with Crippen molar-refractivity contribution in [3.8, 4) is 0 Å². The van der Waals surface area contributed by atoms with E-state index in [-0.39, 0.29) is 11.7 Å². The third-order valence-electron chi connectivity index (χ3n) is 4.20. The highest BCUT2D eigenvalue weighted by Gasteiger charge is 2.39. The molecule has 1 heterocycles. The van der Waals surface area contributed by atoms with Gasteiger partial charge in [0, 0.05) is 12.1 Å². The predicted octanol–water partition coefficient (Wildman–Crippen LogP) is 1.68. The zero-order chi connectivity index (χ0) is 14.9. The molecule has 0 bridgehead atoms. The molecule has 2 rings (SSSR count). The molecule has 0 spiro atoms. The SMILES string of the molecule is Cc1ccc(C(=O)CN2CCC(C)(C(N)=O)C2)c(C)c1. The van der Waals surface area contributed by atoms with Crippen molar-refractivity contribution in [2.24, 2.45) is 11.1 Å². The van der Waals surface area contributed by atoms with E-state index in [2.05, 4.69) is 0 Å². The maximum Gasteiger partial charge on any atom is 0.224 e. The summed E-state index contributed by atoms with van der Waals surface area (Å²) in [5, 5.41) is 0. The molecule has 1 aromatic carbocycles. The lowest BCUT2D eigenvalue weighted by atomic mass is 9.89. The molecule has 4 nitrogen and oxygen atoms in total. The van der Waals surface area contributed by atoms with Crippen LogP contribution in [-0.2, 0) is 4.79 Å². The summed E-state index contributed by atoms with van der Waals surface area (Å²) in [5.74, 6) is -0.171. The van der Waals surface area contributed by atoms with Crippen LogP contribution >= 0.6 is 0 Å². The summed E-state index contributed by atoms with van der Waals surface area (Å²) in [6.45, 7) is 7.51. The van der Waals surface area contributed by atoms with Crippen molar-refractivity contribution in [1.29, 1.82) is 0 Å². The summed E-state index contributed by atoms with van der Waals surface area (Å²) in [6.07, 6.45) is 0.725. The number of carbonyl (C=O) groups excluding carboxylic acids is 2. The zero-order valence-electron chi connectivity index (χ0n) is 12.4. The zero-order valence-corrected chi connectivity index (χ0v) is 12.4. The number of amides is 1. The average molecular weight is 274 g/mol. The van der Waals surface area contributed by atoms with Crippen LogP contribution in [0.25, 0.3) is 0 Å². The van der Waals surface area contributed by atoms with E-state index in [0.717, 1.165) is 29.7 Å². The van der Waals surface area contributed by atoms with E-state index in [1.54, 1.807) is 0 Å². The Balaban J connectivity index is 2.04. The number of likely N-dealkylation sites (tertiary alicyclic amines) is 1. The average Bonchev–Trinajstić information content (AvgIpc) is 2.72. The summed E-state index contributed by atoms with van der Waals surface area (Å²) < 4.78 is 0. The Bertz CT molecular complexity index is 553. The van der Waals surface area contributed by atoms with Crippen molar-refractivity contribution >= 4 is 11.7 Å². The molecule has 0 aromatic heterocycles. The largest absolute Gasteiger partial charge is 0.369 e. The van der Waals surface area contributed by atoms with E-state index in [0.29, 0.717) is 13.1 Å². The van der Waals surface area contributed by atoms with Gasteiger partial charge in [-0.2, -0.15) is 0 Å². The topological polar surface area (TPSA) is 63.4 Å². The van der Waals surface area contributed by atoms with Gasteiger partial charge >= 0.3 is 0 Å². The quantitative estimate of drug-likeness (QED) is 0.850. The van der Waals surface area contributed by atoms with E-state index < -0.39 is 5.41 Å². The van der Waals surface area contributed by atoms with Crippen LogP contribution in [-0.4, -0.2) is 36.2 Å². The number of nitrogens with two attached hydrogens (primary N) is 1. The van der Waals surface area contributed by atoms with Crippen LogP contribution in [0.5, 0.6) is 0 Å². The molecule has 1 fully saturated rings. The molecule has 20 heavy (non-hydrogen) atoms. The third-order valence-corrected chi connectivity index (χ3v) is 4.20. The number of carbonyl (C=O) groups is 2. The lowest BCUT2D eigenvalue weighted by molar-refractivity contribution is -0.126. The van der Waals surface area contributed by atoms with Gasteiger partial charge in [-0.3, -0.25) is 14.5 Å². The van der Waals surface area contributed by atoms with Crippen molar-refractivity contribution in [3.63, 3.8) is 0 Å². The van der Waals surface area contributed by atoms with Crippen LogP contribution in [0.1, 0.15) is 34.8 Å². The van der Waals surface area contributed by atoms with E-state index in [1.165, 1.54) is 0 Å². The molecule has 4 heteroatoms. The highest BCUT2D eigenvalue weighted by Crippen LogP contribution is 2.29. The monoisotopic (exact) mass is 274 g/mol. The van der Waals surface area contributed by atoms with Crippen LogP contribution in [0, 0.1) is 19.3 Å². The second kappa shape index (κ2) is 5.37. The Labute approximate surface area is 119 Å². The van der Waals surface area contributed by atoms with Crippen LogP contribution in [0.4, 0.5) is 0 Å². The molecule has 2 N–H and O–H groups in total. The van der Waals surface area contributed by atoms with Crippen molar-refractivity contribution in [2.45, 2.75) is 27.2 Å². The molecule has 1 aromatic rings. The molecule has 1 aliphatic rings. The first kappa shape index (κ1) is 14.7. The molecule has 1 saturated heterocycles. The van der Waals surface area contributed by atoms with Gasteiger partial charge in [0.1, 0.15) is 0 Å². The van der Waals surface area contributed by atoms with E-state index >= 15 is 0 Å². The Morgan fingerprint density at radius 2 is 2.05 bits per heavy atom. The number of nitrogens with zero attached hydrogens (tertiary/aromatic N) is 1. The fourth-order valence-corrected chi connectivity index (χ4v) is 2.81. The highest BCUT2D eigenvalue weighted by molar-refractivity contribution is 5.99. The molecular weight excluding hydrogens is 252 g/mol. The maximum atomic E-state index is 12.4. The minimum absolute atomic E-state index is 0.108. The molecule has 0 saturated carbocycles. The van der Waals surface area contributed by atoms with Crippen LogP contribution in [0.2, 0.25) is 0 Å². The Morgan fingerprint density at radius 1 is 1.35 bits per heavy atom. The highest BCUT2D eigenvalue weighted by atomic mass is 16.1. The number of ketones is 1. The lowest BCUT2D eigenvalue weighted by Crippen LogP contribution is -2.38. The lowest BCUT2D eigenvalue weighted by Gasteiger charge is -2.20. The summed E-state index contributed by atoms with van der Waals surface area (Å²) in [5.41, 5.74) is 7.86. The normalized spacial score (nSPS) is 22.9. The van der Waals surface area contributed by atoms with Crippen molar-refractivity contribution in [3.05, 3.63) is 34.9 Å². The van der Waals surface area contributed by atoms with Gasteiger partial charge < -0.3 is 5.73 Å². The number of Topliss-reactive ketones (excluding diaryl/α,β-unsaturated/α-hetero) is 1. The second-order valence-electron chi connectivity index (χ2n) is 6.13. The van der Waals surface area contributed by atoms with Gasteiger partial charge in [-0.05, 0) is 39.3 Å². The van der Waals surface area contributed by atoms with Crippen LogP contribution < -0.4 is 5.73 Å². The molecule has 1 unspecified atom stereocenters. The molecule has 0 radical (unpaired) electrons. The Kier molecular flexibility index (Phi) is 3.95. The standard InChI is InChI=1S/C16H22N2O2/c1-11-4-5-13(12(2)8-11)14(19)9-18-7-6-16(3,10-18)15(17)20/h4-5,8H,6-7,9-10H2,1-3H3,(H2,17,20). The van der Waals surface area contributed by atoms with Crippen molar-refractivity contribution in [2.75, 3.05) is 19.6 Å². The van der Waals surface area contributed by atoms with Gasteiger partial charge in [0.05, 0.1) is 12.0 Å². The first-order valence-electron chi connectivity index (χ1n) is 6.94. The fourth-order valence-electron chi connectivity index (χ4n) is 2.81. The molecule has 1 atom stereocenters. The maximum absolute atomic E-state index is 12.4. The Morgan fingerprint density at radius 3 is 2.60 bits per heavy atom. The smallest absolute Gasteiger partial charge is 0.224 e. The predicted molar refractivity (Wildman–Crippen MR) is 78.6 cm³/mol. The van der Waals surface area contributed by atoms with Crippen molar-refractivity contribution < 1.29 is 9.59 Å². The summed E-state index contributed by atoms with van der Waals surface area (Å²) in [7, 11) is 0. The van der Waals surface area contributed by atoms with E-state index in [9.17, 15) is 9.59 Å². The fraction of sp³-hybridized carbons (Fsp3) is 0.500. The Hall–Kier alpha value is -1.68. The first-order valence-corrected chi connectivity index (χ1v) is 6.94. The van der Waals surface area contributed by atoms with Gasteiger partial charge in [-0.25, -0.2) is 0 Å². The molecule has 1 aliphatic heterocycles. The summed E-state index contributed by atoms with van der Waals surface area (Å²) >= 11 is 0. The van der Waals surface area contributed by atoms with Crippen LogP contribution in [0.3, 0.4) is 0 Å². The minimum Gasteiger partial charge on any atom is -0.369 e. The minimum atomic E-state index is -0.497. The van der Waals surface area contributed by atoms with Gasteiger partial charge in [-0.1, -0.05) is 23.8 Å². The second-order valence-corrected chi connectivity index (χ2v) is 6.13. The number of rotatable bonds is 4. The molecule has 0 aliphatic carbocycles. The van der Waals surface area contributed by atoms with Crippen LogP contribution in [0.15, 0.2) is 18.2 Å². The number of hydrogen-bond acceptors (Lipinski definition) is 3. The van der Waals surface area contributed by atoms with Gasteiger partial charge in [0.2, 0.25) is 5.91 Å². The van der Waals surface area contributed by atoms with E-state index in [1.807, 2.05) is 43.9 Å². The number of aryl methyl sites for hydroxylation is 2. The molecular formula is C16H22N2O2. The van der Waals surface area contributed by atoms with Gasteiger partial charge in [0.15, 0.2) is 5.78 Å².